The highest BCUT2D eigenvalue weighted by atomic mass is 32.2. The first-order valence-corrected chi connectivity index (χ1v) is 11.2. The molecule has 2 aromatic carbocycles. The van der Waals surface area contributed by atoms with Crippen LogP contribution in [0.5, 0.6) is 0 Å². The summed E-state index contributed by atoms with van der Waals surface area (Å²) >= 11 is 4.99. The van der Waals surface area contributed by atoms with Crippen LogP contribution in [0.25, 0.3) is 0 Å². The standard InChI is InChI=1S/C20H20N2OS3/c1-15-6-8-17(9-7-15)25-11-10-21-20(23)18-4-2-3-5-19(18)26-13-16-12-24-14-22-16/h2-9,12,14H,10-11,13H2,1H3,(H,21,23). The van der Waals surface area contributed by atoms with Crippen molar-refractivity contribution >= 4 is 40.8 Å². The van der Waals surface area contributed by atoms with E-state index < -0.39 is 0 Å². The Hall–Kier alpha value is -1.76. The van der Waals surface area contributed by atoms with Gasteiger partial charge in [0.1, 0.15) is 0 Å². The number of thiazole rings is 1. The number of nitrogens with one attached hydrogen (secondary N) is 1. The van der Waals surface area contributed by atoms with E-state index in [9.17, 15) is 4.79 Å². The van der Waals surface area contributed by atoms with Crippen LogP contribution in [-0.4, -0.2) is 23.2 Å². The summed E-state index contributed by atoms with van der Waals surface area (Å²) in [7, 11) is 0. The van der Waals surface area contributed by atoms with E-state index in [-0.39, 0.29) is 5.91 Å². The average molecular weight is 401 g/mol. The molecular formula is C20H20N2OS3. The zero-order valence-corrected chi connectivity index (χ0v) is 16.9. The molecule has 1 amide bonds. The highest BCUT2D eigenvalue weighted by Gasteiger charge is 2.11. The van der Waals surface area contributed by atoms with Crippen LogP contribution >= 0.6 is 34.9 Å². The van der Waals surface area contributed by atoms with Crippen LogP contribution < -0.4 is 5.32 Å². The molecule has 0 saturated heterocycles. The highest BCUT2D eigenvalue weighted by molar-refractivity contribution is 7.99. The molecule has 0 radical (unpaired) electrons. The van der Waals surface area contributed by atoms with E-state index in [1.165, 1.54) is 10.5 Å². The second-order valence-corrected chi connectivity index (χ2v) is 8.59. The van der Waals surface area contributed by atoms with Crippen LogP contribution in [0.2, 0.25) is 0 Å². The fourth-order valence-electron chi connectivity index (χ4n) is 2.30. The molecule has 3 rings (SSSR count). The van der Waals surface area contributed by atoms with Gasteiger partial charge in [-0.25, -0.2) is 4.98 Å². The molecule has 6 heteroatoms. The molecule has 3 aromatic rings. The lowest BCUT2D eigenvalue weighted by Gasteiger charge is -2.09. The number of aromatic nitrogens is 1. The highest BCUT2D eigenvalue weighted by Crippen LogP contribution is 2.26. The van der Waals surface area contributed by atoms with Gasteiger partial charge in [0.05, 0.1) is 16.8 Å². The topological polar surface area (TPSA) is 42.0 Å². The third kappa shape index (κ3) is 5.62. The maximum atomic E-state index is 12.5. The summed E-state index contributed by atoms with van der Waals surface area (Å²) in [5, 5.41) is 5.07. The molecule has 0 aliphatic rings. The predicted octanol–water partition coefficient (Wildman–Crippen LogP) is 5.27. The molecule has 1 aromatic heterocycles. The van der Waals surface area contributed by atoms with Crippen molar-refractivity contribution in [1.82, 2.24) is 10.3 Å². The van der Waals surface area contributed by atoms with Crippen LogP contribution in [-0.2, 0) is 5.75 Å². The minimum absolute atomic E-state index is 0.0177. The lowest BCUT2D eigenvalue weighted by atomic mass is 10.2. The smallest absolute Gasteiger partial charge is 0.252 e. The minimum atomic E-state index is -0.0177. The number of aryl methyl sites for hydroxylation is 1. The van der Waals surface area contributed by atoms with Gasteiger partial charge in [0.15, 0.2) is 0 Å². The van der Waals surface area contributed by atoms with Crippen molar-refractivity contribution in [2.24, 2.45) is 0 Å². The molecule has 0 fully saturated rings. The lowest BCUT2D eigenvalue weighted by Crippen LogP contribution is -2.26. The zero-order valence-electron chi connectivity index (χ0n) is 14.5. The van der Waals surface area contributed by atoms with Crippen LogP contribution in [0.3, 0.4) is 0 Å². The average Bonchev–Trinajstić information content (AvgIpc) is 3.19. The number of amides is 1. The number of carbonyl (C=O) groups excluding carboxylic acids is 1. The van der Waals surface area contributed by atoms with Gasteiger partial charge in [-0.15, -0.1) is 34.9 Å². The number of thioether (sulfide) groups is 2. The van der Waals surface area contributed by atoms with Gasteiger partial charge in [-0.3, -0.25) is 4.79 Å². The Morgan fingerprint density at radius 3 is 2.69 bits per heavy atom. The molecule has 26 heavy (non-hydrogen) atoms. The fraction of sp³-hybridized carbons (Fsp3) is 0.200. The van der Waals surface area contributed by atoms with Crippen molar-refractivity contribution in [3.05, 3.63) is 76.2 Å². The second-order valence-electron chi connectivity index (χ2n) is 5.68. The first-order valence-electron chi connectivity index (χ1n) is 8.29. The first kappa shape index (κ1) is 19.0. The quantitative estimate of drug-likeness (QED) is 0.413. The van der Waals surface area contributed by atoms with Gasteiger partial charge in [-0.1, -0.05) is 29.8 Å². The van der Waals surface area contributed by atoms with Gasteiger partial charge >= 0.3 is 0 Å². The lowest BCUT2D eigenvalue weighted by molar-refractivity contribution is 0.0953. The Labute approximate surface area is 166 Å². The van der Waals surface area contributed by atoms with Crippen molar-refractivity contribution < 1.29 is 4.79 Å². The Morgan fingerprint density at radius 1 is 1.12 bits per heavy atom. The molecule has 0 aliphatic heterocycles. The van der Waals surface area contributed by atoms with E-state index >= 15 is 0 Å². The summed E-state index contributed by atoms with van der Waals surface area (Å²) < 4.78 is 0. The minimum Gasteiger partial charge on any atom is -0.351 e. The number of hydrogen-bond donors (Lipinski definition) is 1. The summed E-state index contributed by atoms with van der Waals surface area (Å²) in [5.74, 6) is 1.61. The molecule has 0 saturated carbocycles. The van der Waals surface area contributed by atoms with Crippen LogP contribution in [0, 0.1) is 6.92 Å². The Kier molecular flexibility index (Phi) is 7.17. The Morgan fingerprint density at radius 2 is 1.92 bits per heavy atom. The van der Waals surface area contributed by atoms with E-state index in [4.69, 9.17) is 0 Å². The number of hydrogen-bond acceptors (Lipinski definition) is 5. The van der Waals surface area contributed by atoms with E-state index in [1.807, 2.05) is 35.2 Å². The molecular weight excluding hydrogens is 380 g/mol. The van der Waals surface area contributed by atoms with Crippen molar-refractivity contribution in [2.45, 2.75) is 22.5 Å². The number of nitrogens with zero attached hydrogens (tertiary/aromatic N) is 1. The summed E-state index contributed by atoms with van der Waals surface area (Å²) in [4.78, 5) is 19.0. The normalized spacial score (nSPS) is 10.7. The van der Waals surface area contributed by atoms with Crippen LogP contribution in [0.15, 0.2) is 69.2 Å². The van der Waals surface area contributed by atoms with Crippen molar-refractivity contribution in [1.29, 1.82) is 0 Å². The summed E-state index contributed by atoms with van der Waals surface area (Å²) in [6, 6.07) is 16.2. The summed E-state index contributed by atoms with van der Waals surface area (Å²) in [5.41, 5.74) is 4.87. The summed E-state index contributed by atoms with van der Waals surface area (Å²) in [6.07, 6.45) is 0. The number of benzene rings is 2. The van der Waals surface area contributed by atoms with Gasteiger partial charge in [0.25, 0.3) is 5.91 Å². The predicted molar refractivity (Wildman–Crippen MR) is 112 cm³/mol. The van der Waals surface area contributed by atoms with Gasteiger partial charge < -0.3 is 5.32 Å². The van der Waals surface area contributed by atoms with Gasteiger partial charge in [-0.2, -0.15) is 0 Å². The van der Waals surface area contributed by atoms with Crippen LogP contribution in [0.1, 0.15) is 21.6 Å². The van der Waals surface area contributed by atoms with Gasteiger partial charge in [0, 0.05) is 33.2 Å². The number of carbonyl (C=O) groups is 1. The van der Waals surface area contributed by atoms with E-state index in [1.54, 1.807) is 34.9 Å². The van der Waals surface area contributed by atoms with Gasteiger partial charge in [-0.05, 0) is 31.2 Å². The van der Waals surface area contributed by atoms with E-state index in [0.717, 1.165) is 27.7 Å². The SMILES string of the molecule is Cc1ccc(SCCNC(=O)c2ccccc2SCc2cscn2)cc1. The molecule has 134 valence electrons. The molecule has 0 bridgehead atoms. The fourth-order valence-corrected chi connectivity index (χ4v) is 4.69. The molecule has 3 nitrogen and oxygen atoms in total. The monoisotopic (exact) mass is 400 g/mol. The van der Waals surface area contributed by atoms with E-state index in [0.29, 0.717) is 6.54 Å². The second kappa shape index (κ2) is 9.80. The van der Waals surface area contributed by atoms with Crippen molar-refractivity contribution in [3.63, 3.8) is 0 Å². The molecule has 0 spiro atoms. The molecule has 0 unspecified atom stereocenters. The third-order valence-corrected chi connectivity index (χ3v) is 6.42. The van der Waals surface area contributed by atoms with Crippen molar-refractivity contribution in [2.75, 3.05) is 12.3 Å². The molecule has 0 aliphatic carbocycles. The largest absolute Gasteiger partial charge is 0.351 e. The molecule has 1 heterocycles. The summed E-state index contributed by atoms with van der Waals surface area (Å²) in [6.45, 7) is 2.72. The maximum Gasteiger partial charge on any atom is 0.252 e. The Bertz CT molecular complexity index is 833. The molecule has 1 N–H and O–H groups in total. The maximum absolute atomic E-state index is 12.5. The third-order valence-electron chi connectivity index (χ3n) is 3.67. The number of rotatable bonds is 8. The van der Waals surface area contributed by atoms with Crippen molar-refractivity contribution in [3.8, 4) is 0 Å². The van der Waals surface area contributed by atoms with Crippen LogP contribution in [0.4, 0.5) is 0 Å². The van der Waals surface area contributed by atoms with Gasteiger partial charge in [0.2, 0.25) is 0 Å². The first-order chi connectivity index (χ1) is 12.7. The molecule has 0 atom stereocenters. The van der Waals surface area contributed by atoms with E-state index in [2.05, 4.69) is 41.5 Å². The zero-order chi connectivity index (χ0) is 18.2. The Balaban J connectivity index is 1.50.